The van der Waals surface area contributed by atoms with E-state index in [0.29, 0.717) is 11.5 Å². The number of carbonyl (C=O) groups is 1. The van der Waals surface area contributed by atoms with Gasteiger partial charge in [0.05, 0.1) is 0 Å². The number of hydrogen-bond acceptors (Lipinski definition) is 2. The van der Waals surface area contributed by atoms with Crippen molar-refractivity contribution in [3.05, 3.63) is 29.3 Å². The maximum absolute atomic E-state index is 12.3. The lowest BCUT2D eigenvalue weighted by Gasteiger charge is -2.33. The summed E-state index contributed by atoms with van der Waals surface area (Å²) in [4.78, 5) is 12.3. The van der Waals surface area contributed by atoms with Crippen molar-refractivity contribution in [2.75, 3.05) is 0 Å². The fourth-order valence-electron chi connectivity index (χ4n) is 3.03. The van der Waals surface area contributed by atoms with Crippen LogP contribution in [0.4, 0.5) is 0 Å². The predicted octanol–water partition coefficient (Wildman–Crippen LogP) is 3.26. The van der Waals surface area contributed by atoms with Gasteiger partial charge in [-0.2, -0.15) is 0 Å². The van der Waals surface area contributed by atoms with E-state index in [1.165, 1.54) is 12.8 Å². The fraction of sp³-hybridized carbons (Fsp3) is 0.562. The molecule has 0 aliphatic heterocycles. The first-order chi connectivity index (χ1) is 8.97. The third-order valence-electron chi connectivity index (χ3n) is 4.20. The smallest absolute Gasteiger partial charge is 0.251 e. The second-order valence-electron chi connectivity index (χ2n) is 5.97. The Morgan fingerprint density at radius 2 is 2.05 bits per heavy atom. The van der Waals surface area contributed by atoms with Crippen LogP contribution in [0.2, 0.25) is 0 Å². The van der Waals surface area contributed by atoms with E-state index >= 15 is 0 Å². The Morgan fingerprint density at radius 3 is 2.68 bits per heavy atom. The Bertz CT molecular complexity index is 470. The van der Waals surface area contributed by atoms with Gasteiger partial charge in [-0.05, 0) is 61.8 Å². The Morgan fingerprint density at radius 1 is 1.32 bits per heavy atom. The number of hydrogen-bond donors (Lipinski definition) is 2. The van der Waals surface area contributed by atoms with Crippen LogP contribution < -0.4 is 5.32 Å². The molecule has 0 radical (unpaired) electrons. The van der Waals surface area contributed by atoms with E-state index in [4.69, 9.17) is 0 Å². The molecule has 2 rings (SSSR count). The molecule has 0 saturated heterocycles. The standard InChI is InChI=1S/C16H23NO2/c1-10-4-7-15(12(3)8-10)17-16(19)14-6-5-13(18)9-11(14)2/h5-6,9-10,12,15,18H,4,7-8H2,1-3H3,(H,17,19). The van der Waals surface area contributed by atoms with E-state index in [1.807, 2.05) is 6.92 Å². The van der Waals surface area contributed by atoms with Crippen LogP contribution in [0.25, 0.3) is 0 Å². The van der Waals surface area contributed by atoms with E-state index in [9.17, 15) is 9.90 Å². The van der Waals surface area contributed by atoms with Crippen molar-refractivity contribution in [3.63, 3.8) is 0 Å². The molecule has 19 heavy (non-hydrogen) atoms. The summed E-state index contributed by atoms with van der Waals surface area (Å²) in [6.45, 7) is 6.34. The third-order valence-corrected chi connectivity index (χ3v) is 4.20. The van der Waals surface area contributed by atoms with Gasteiger partial charge in [-0.25, -0.2) is 0 Å². The minimum Gasteiger partial charge on any atom is -0.508 e. The van der Waals surface area contributed by atoms with Crippen LogP contribution in [0.1, 0.15) is 49.0 Å². The van der Waals surface area contributed by atoms with Gasteiger partial charge in [0.15, 0.2) is 0 Å². The van der Waals surface area contributed by atoms with Crippen LogP contribution in [-0.4, -0.2) is 17.1 Å². The summed E-state index contributed by atoms with van der Waals surface area (Å²) in [6.07, 6.45) is 3.43. The number of amides is 1. The molecule has 3 unspecified atom stereocenters. The molecule has 3 nitrogen and oxygen atoms in total. The van der Waals surface area contributed by atoms with Crippen LogP contribution in [-0.2, 0) is 0 Å². The maximum Gasteiger partial charge on any atom is 0.251 e. The first kappa shape index (κ1) is 13.9. The van der Waals surface area contributed by atoms with E-state index in [-0.39, 0.29) is 17.7 Å². The molecule has 1 aliphatic rings. The summed E-state index contributed by atoms with van der Waals surface area (Å²) >= 11 is 0. The molecule has 1 aliphatic carbocycles. The number of aryl methyl sites for hydroxylation is 1. The Labute approximate surface area is 115 Å². The number of rotatable bonds is 2. The lowest BCUT2D eigenvalue weighted by atomic mass is 9.80. The van der Waals surface area contributed by atoms with Crippen molar-refractivity contribution in [3.8, 4) is 5.75 Å². The molecule has 1 aromatic rings. The number of phenolic OH excluding ortho intramolecular Hbond substituents is 1. The molecule has 1 aromatic carbocycles. The van der Waals surface area contributed by atoms with Crippen molar-refractivity contribution < 1.29 is 9.90 Å². The van der Waals surface area contributed by atoms with Gasteiger partial charge in [-0.3, -0.25) is 4.79 Å². The number of nitrogens with one attached hydrogen (secondary N) is 1. The molecule has 3 heteroatoms. The van der Waals surface area contributed by atoms with Gasteiger partial charge < -0.3 is 10.4 Å². The molecule has 1 fully saturated rings. The molecular weight excluding hydrogens is 238 g/mol. The van der Waals surface area contributed by atoms with Crippen LogP contribution in [0.3, 0.4) is 0 Å². The van der Waals surface area contributed by atoms with Crippen LogP contribution in [0.5, 0.6) is 5.75 Å². The number of benzene rings is 1. The van der Waals surface area contributed by atoms with E-state index < -0.39 is 0 Å². The van der Waals surface area contributed by atoms with Gasteiger partial charge in [0.2, 0.25) is 0 Å². The van der Waals surface area contributed by atoms with E-state index in [1.54, 1.807) is 18.2 Å². The summed E-state index contributed by atoms with van der Waals surface area (Å²) in [7, 11) is 0. The fourth-order valence-corrected chi connectivity index (χ4v) is 3.03. The highest BCUT2D eigenvalue weighted by atomic mass is 16.3. The van der Waals surface area contributed by atoms with Crippen molar-refractivity contribution in [2.45, 2.75) is 46.1 Å². The molecule has 0 aromatic heterocycles. The summed E-state index contributed by atoms with van der Waals surface area (Å²) in [5.74, 6) is 1.47. The van der Waals surface area contributed by atoms with Crippen molar-refractivity contribution in [1.82, 2.24) is 5.32 Å². The first-order valence-electron chi connectivity index (χ1n) is 7.08. The largest absolute Gasteiger partial charge is 0.508 e. The van der Waals surface area contributed by atoms with Gasteiger partial charge in [0.1, 0.15) is 5.75 Å². The number of aromatic hydroxyl groups is 1. The van der Waals surface area contributed by atoms with Crippen LogP contribution in [0, 0.1) is 18.8 Å². The highest BCUT2D eigenvalue weighted by Crippen LogP contribution is 2.29. The van der Waals surface area contributed by atoms with Gasteiger partial charge in [0.25, 0.3) is 5.91 Å². The summed E-state index contributed by atoms with van der Waals surface area (Å²) < 4.78 is 0. The van der Waals surface area contributed by atoms with E-state index in [0.717, 1.165) is 17.9 Å². The molecule has 2 N–H and O–H groups in total. The average molecular weight is 261 g/mol. The monoisotopic (exact) mass is 261 g/mol. The lowest BCUT2D eigenvalue weighted by Crippen LogP contribution is -2.42. The normalized spacial score (nSPS) is 27.0. The van der Waals surface area contributed by atoms with E-state index in [2.05, 4.69) is 19.2 Å². The molecule has 104 valence electrons. The minimum atomic E-state index is -0.0242. The molecule has 0 bridgehead atoms. The molecule has 0 spiro atoms. The molecular formula is C16H23NO2. The highest BCUT2D eigenvalue weighted by molar-refractivity contribution is 5.96. The second-order valence-corrected chi connectivity index (χ2v) is 5.97. The number of carbonyl (C=O) groups excluding carboxylic acids is 1. The average Bonchev–Trinajstić information content (AvgIpc) is 2.32. The third kappa shape index (κ3) is 3.28. The number of phenols is 1. The van der Waals surface area contributed by atoms with Gasteiger partial charge in [0, 0.05) is 11.6 Å². The highest BCUT2D eigenvalue weighted by Gasteiger charge is 2.27. The molecule has 1 amide bonds. The van der Waals surface area contributed by atoms with Crippen molar-refractivity contribution in [1.29, 1.82) is 0 Å². The van der Waals surface area contributed by atoms with Crippen LogP contribution in [0.15, 0.2) is 18.2 Å². The van der Waals surface area contributed by atoms with Gasteiger partial charge in [-0.1, -0.05) is 13.8 Å². The Kier molecular flexibility index (Phi) is 4.13. The molecule has 3 atom stereocenters. The zero-order chi connectivity index (χ0) is 14.0. The summed E-state index contributed by atoms with van der Waals surface area (Å²) in [6, 6.07) is 5.16. The zero-order valence-corrected chi connectivity index (χ0v) is 11.9. The topological polar surface area (TPSA) is 49.3 Å². The minimum absolute atomic E-state index is 0.0242. The SMILES string of the molecule is Cc1cc(O)ccc1C(=O)NC1CCC(C)CC1C. The summed E-state index contributed by atoms with van der Waals surface area (Å²) in [5, 5.41) is 12.5. The predicted molar refractivity (Wildman–Crippen MR) is 76.3 cm³/mol. The lowest BCUT2D eigenvalue weighted by molar-refractivity contribution is 0.0899. The maximum atomic E-state index is 12.3. The second kappa shape index (κ2) is 5.64. The van der Waals surface area contributed by atoms with Gasteiger partial charge >= 0.3 is 0 Å². The van der Waals surface area contributed by atoms with Crippen LogP contribution >= 0.6 is 0 Å². The first-order valence-corrected chi connectivity index (χ1v) is 7.08. The molecule has 1 saturated carbocycles. The zero-order valence-electron chi connectivity index (χ0n) is 11.9. The Hall–Kier alpha value is -1.51. The Balaban J connectivity index is 2.04. The quantitative estimate of drug-likeness (QED) is 0.858. The van der Waals surface area contributed by atoms with Crippen molar-refractivity contribution >= 4 is 5.91 Å². The van der Waals surface area contributed by atoms with Crippen molar-refractivity contribution in [2.24, 2.45) is 11.8 Å². The molecule has 0 heterocycles. The summed E-state index contributed by atoms with van der Waals surface area (Å²) in [5.41, 5.74) is 1.47. The van der Waals surface area contributed by atoms with Gasteiger partial charge in [-0.15, -0.1) is 0 Å².